The third-order valence-electron chi connectivity index (χ3n) is 18.6. The van der Waals surface area contributed by atoms with Gasteiger partial charge in [0.15, 0.2) is 11.6 Å². The van der Waals surface area contributed by atoms with Gasteiger partial charge in [0.2, 0.25) is 5.95 Å². The summed E-state index contributed by atoms with van der Waals surface area (Å²) in [5.74, 6) is 1.97. The van der Waals surface area contributed by atoms with E-state index in [1.54, 1.807) is 0 Å². The minimum absolute atomic E-state index is 0.186. The number of fused-ring (bicyclic) bond motifs is 6. The molecule has 0 N–H and O–H groups in total. The smallest absolute Gasteiger partial charge is 0.238 e. The van der Waals surface area contributed by atoms with E-state index in [0.717, 1.165) is 47.8 Å². The molecule has 2 aromatic heterocycles. The van der Waals surface area contributed by atoms with Crippen molar-refractivity contribution in [1.29, 1.82) is 0 Å². The minimum Gasteiger partial charge on any atom is -0.278 e. The summed E-state index contributed by atoms with van der Waals surface area (Å²) in [4.78, 5) is 15.9. The fourth-order valence-electron chi connectivity index (χ4n) is 13.8. The Balaban J connectivity index is 1.00. The molecule has 0 fully saturated rings. The first-order chi connectivity index (χ1) is 42.4. The van der Waals surface area contributed by atoms with Crippen molar-refractivity contribution in [1.82, 2.24) is 19.5 Å². The number of benzene rings is 9. The van der Waals surface area contributed by atoms with E-state index in [2.05, 4.69) is 239 Å². The second-order valence-corrected chi connectivity index (χ2v) is 24.6. The molecule has 2 heterocycles. The van der Waals surface area contributed by atoms with Crippen molar-refractivity contribution in [2.24, 2.45) is 0 Å². The zero-order valence-electron chi connectivity index (χ0n) is 51.6. The van der Waals surface area contributed by atoms with E-state index >= 15 is 0 Å². The molecule has 0 amide bonds. The van der Waals surface area contributed by atoms with Crippen LogP contribution in [0, 0.1) is 0 Å². The summed E-state index contributed by atoms with van der Waals surface area (Å²) < 4.78 is 2.34. The first kappa shape index (κ1) is 58.2. The molecule has 434 valence electrons. The largest absolute Gasteiger partial charge is 0.278 e. The van der Waals surface area contributed by atoms with Gasteiger partial charge in [-0.25, -0.2) is 4.98 Å². The summed E-state index contributed by atoms with van der Waals surface area (Å²) in [6.45, 7) is 9.21. The van der Waals surface area contributed by atoms with Crippen molar-refractivity contribution >= 4 is 21.8 Å². The van der Waals surface area contributed by atoms with Crippen LogP contribution in [0.15, 0.2) is 206 Å². The molecule has 0 aliphatic heterocycles. The van der Waals surface area contributed by atoms with Crippen molar-refractivity contribution in [3.8, 4) is 84.4 Å². The molecule has 4 nitrogen and oxygen atoms in total. The Bertz CT molecular complexity index is 3900. The lowest BCUT2D eigenvalue weighted by atomic mass is 9.70. The molecule has 1 aliphatic carbocycles. The highest BCUT2D eigenvalue weighted by Crippen LogP contribution is 2.57. The summed E-state index contributed by atoms with van der Waals surface area (Å²) in [6.07, 6.45) is 24.5. The summed E-state index contributed by atoms with van der Waals surface area (Å²) >= 11 is 0. The van der Waals surface area contributed by atoms with Crippen molar-refractivity contribution in [2.75, 3.05) is 0 Å². The zero-order valence-corrected chi connectivity index (χ0v) is 51.6. The van der Waals surface area contributed by atoms with E-state index in [1.165, 1.54) is 191 Å². The van der Waals surface area contributed by atoms with Gasteiger partial charge < -0.3 is 0 Å². The molecule has 0 atom stereocenters. The molecule has 11 aromatic rings. The maximum absolute atomic E-state index is 5.39. The second kappa shape index (κ2) is 27.4. The van der Waals surface area contributed by atoms with Crippen LogP contribution >= 0.6 is 0 Å². The molecule has 0 saturated heterocycles. The van der Waals surface area contributed by atoms with Gasteiger partial charge in [-0.2, -0.15) is 9.97 Å². The number of unbranched alkanes of at least 4 members (excludes halogenated alkanes) is 12. The molecule has 9 aromatic carbocycles. The monoisotopic (exact) mass is 1130 g/mol. The van der Waals surface area contributed by atoms with Gasteiger partial charge in [0.25, 0.3) is 0 Å². The molecule has 12 rings (SSSR count). The summed E-state index contributed by atoms with van der Waals surface area (Å²) in [5.41, 5.74) is 22.5. The van der Waals surface area contributed by atoms with Crippen LogP contribution in [0.2, 0.25) is 0 Å². The first-order valence-electron chi connectivity index (χ1n) is 33.0. The third-order valence-corrected chi connectivity index (χ3v) is 18.6. The number of hydrogen-bond acceptors (Lipinski definition) is 3. The highest BCUT2D eigenvalue weighted by molar-refractivity contribution is 6.11. The van der Waals surface area contributed by atoms with Crippen LogP contribution in [0.4, 0.5) is 0 Å². The normalized spacial score (nSPS) is 12.5. The van der Waals surface area contributed by atoms with Crippen molar-refractivity contribution < 1.29 is 0 Å². The quantitative estimate of drug-likeness (QED) is 0.0482. The van der Waals surface area contributed by atoms with Crippen molar-refractivity contribution in [3.05, 3.63) is 229 Å². The second-order valence-electron chi connectivity index (χ2n) is 24.6. The highest BCUT2D eigenvalue weighted by Gasteiger charge is 2.43. The maximum Gasteiger partial charge on any atom is 0.238 e. The van der Waals surface area contributed by atoms with Gasteiger partial charge in [0.05, 0.1) is 11.0 Å². The van der Waals surface area contributed by atoms with Crippen LogP contribution in [0.1, 0.15) is 166 Å². The molecule has 0 bridgehead atoms. The van der Waals surface area contributed by atoms with E-state index in [0.29, 0.717) is 17.6 Å². The van der Waals surface area contributed by atoms with Gasteiger partial charge >= 0.3 is 0 Å². The number of nitrogens with zero attached hydrogens (tertiary/aromatic N) is 4. The molecular weight excluding hydrogens is 1040 g/mol. The van der Waals surface area contributed by atoms with Crippen LogP contribution < -0.4 is 0 Å². The Morgan fingerprint density at radius 3 is 1.30 bits per heavy atom. The predicted molar refractivity (Wildman–Crippen MR) is 366 cm³/mol. The SMILES string of the molecule is CCCCCCCCC1(CCCCCCCC)c2cc(-c3cccc(-c4cc(-c5ccc(CCCC)cc5)cc(-c5ccc(CCCC)cc5)c4)c3)ccc2-c2cc3c4ccccc4n(-c4nc(-c5ccccc5)nc(-c5ccccc5)n4)c3cc21. The Morgan fingerprint density at radius 1 is 0.302 bits per heavy atom. The highest BCUT2D eigenvalue weighted by atomic mass is 15.2. The van der Waals surface area contributed by atoms with Crippen LogP contribution in [-0.2, 0) is 18.3 Å². The van der Waals surface area contributed by atoms with Crippen LogP contribution in [0.5, 0.6) is 0 Å². The van der Waals surface area contributed by atoms with E-state index in [4.69, 9.17) is 15.0 Å². The average molecular weight is 1130 g/mol. The molecule has 0 saturated carbocycles. The molecular formula is C82H86N4. The predicted octanol–water partition coefficient (Wildman–Crippen LogP) is 23.4. The number of para-hydroxylation sites is 1. The lowest BCUT2D eigenvalue weighted by Crippen LogP contribution is -2.25. The van der Waals surface area contributed by atoms with Gasteiger partial charge in [-0.15, -0.1) is 0 Å². The third kappa shape index (κ3) is 12.6. The molecule has 4 heteroatoms. The summed E-state index contributed by atoms with van der Waals surface area (Å²) in [6, 6.07) is 77.7. The van der Waals surface area contributed by atoms with E-state index in [9.17, 15) is 0 Å². The van der Waals surface area contributed by atoms with Crippen LogP contribution in [-0.4, -0.2) is 19.5 Å². The van der Waals surface area contributed by atoms with E-state index < -0.39 is 0 Å². The molecule has 0 unspecified atom stereocenters. The summed E-state index contributed by atoms with van der Waals surface area (Å²) in [5, 5.41) is 2.43. The molecule has 86 heavy (non-hydrogen) atoms. The Hall–Kier alpha value is -8.21. The van der Waals surface area contributed by atoms with Gasteiger partial charge in [-0.1, -0.05) is 275 Å². The number of hydrogen-bond donors (Lipinski definition) is 0. The van der Waals surface area contributed by atoms with Gasteiger partial charge in [0.1, 0.15) is 0 Å². The Morgan fingerprint density at radius 2 is 0.744 bits per heavy atom. The van der Waals surface area contributed by atoms with Crippen molar-refractivity contribution in [2.45, 2.75) is 162 Å². The molecule has 1 aliphatic rings. The molecule has 0 spiro atoms. The lowest BCUT2D eigenvalue weighted by Gasteiger charge is -2.33. The number of aryl methyl sites for hydroxylation is 2. The fourth-order valence-corrected chi connectivity index (χ4v) is 13.8. The van der Waals surface area contributed by atoms with Crippen molar-refractivity contribution in [3.63, 3.8) is 0 Å². The average Bonchev–Trinajstić information content (AvgIpc) is 1.57. The van der Waals surface area contributed by atoms with Gasteiger partial charge in [-0.05, 0) is 165 Å². The Labute approximate surface area is 512 Å². The summed E-state index contributed by atoms with van der Waals surface area (Å²) in [7, 11) is 0. The molecule has 0 radical (unpaired) electrons. The lowest BCUT2D eigenvalue weighted by molar-refractivity contribution is 0.398. The standard InChI is InChI=1S/C82H86N4/c1-5-9-13-15-17-27-50-82(51-28-18-16-14-10-6-2)75-56-67(65-36-29-37-66(52-65)70-54-68(61-44-40-59(41-45-61)30-11-7-3)53-69(55-70)62-46-42-60(43-47-62)31-12-8-4)48-49-71(75)73-57-74-72-38-25-26-39-77(72)86(78(74)58-76(73)82)81-84-79(63-32-21-19-22-33-63)83-80(85-81)64-34-23-20-24-35-64/h19-26,29,32-49,52-58H,5-18,27-28,30-31,50-51H2,1-4H3. The Kier molecular flexibility index (Phi) is 18.6. The zero-order chi connectivity index (χ0) is 58.7. The van der Waals surface area contributed by atoms with E-state index in [-0.39, 0.29) is 5.41 Å². The fraction of sp³-hybridized carbons (Fsp3) is 0.305. The first-order valence-corrected chi connectivity index (χ1v) is 33.0. The topological polar surface area (TPSA) is 43.6 Å². The number of rotatable bonds is 27. The maximum atomic E-state index is 5.39. The number of aromatic nitrogens is 4. The van der Waals surface area contributed by atoms with Crippen LogP contribution in [0.3, 0.4) is 0 Å². The van der Waals surface area contributed by atoms with Crippen LogP contribution in [0.25, 0.3) is 106 Å². The minimum atomic E-state index is -0.186. The van der Waals surface area contributed by atoms with Gasteiger partial charge in [-0.3, -0.25) is 4.57 Å². The van der Waals surface area contributed by atoms with E-state index in [1.807, 2.05) is 0 Å². The van der Waals surface area contributed by atoms with Gasteiger partial charge in [0, 0.05) is 27.3 Å².